The van der Waals surface area contributed by atoms with Gasteiger partial charge in [-0.3, -0.25) is 4.79 Å². The summed E-state index contributed by atoms with van der Waals surface area (Å²) in [5, 5.41) is 3.33. The third-order valence-electron chi connectivity index (χ3n) is 3.37. The van der Waals surface area contributed by atoms with Crippen molar-refractivity contribution in [1.82, 2.24) is 24.8 Å². The van der Waals surface area contributed by atoms with E-state index in [1.807, 2.05) is 4.90 Å². The molecule has 21 heavy (non-hydrogen) atoms. The number of nitrogens with zero attached hydrogens (tertiary/aromatic N) is 5. The van der Waals surface area contributed by atoms with Crippen LogP contribution in [0, 0.1) is 0 Å². The number of hydrogen-bond acceptors (Lipinski definition) is 6. The average molecular weight is 307 g/mol. The Morgan fingerprint density at radius 2 is 2.14 bits per heavy atom. The van der Waals surface area contributed by atoms with Crippen LogP contribution in [0.25, 0.3) is 11.2 Å². The molecule has 1 aliphatic heterocycles. The molecular weight excluding hydrogens is 292 g/mol. The van der Waals surface area contributed by atoms with Crippen LogP contribution in [0.3, 0.4) is 0 Å². The molecule has 1 fully saturated rings. The van der Waals surface area contributed by atoms with Gasteiger partial charge in [0.1, 0.15) is 0 Å². The zero-order valence-electron chi connectivity index (χ0n) is 11.4. The number of likely N-dealkylation sites (tertiary alicyclic amines) is 1. The molecule has 0 aliphatic carbocycles. The van der Waals surface area contributed by atoms with Gasteiger partial charge >= 0.3 is 0 Å². The number of anilines is 1. The fraction of sp³-hybridized carbons (Fsp3) is 0.462. The highest BCUT2D eigenvalue weighted by Gasteiger charge is 2.19. The maximum absolute atomic E-state index is 11.5. The van der Waals surface area contributed by atoms with Gasteiger partial charge in [0.15, 0.2) is 17.0 Å². The topological polar surface area (TPSA) is 83.9 Å². The van der Waals surface area contributed by atoms with E-state index < -0.39 is 0 Å². The van der Waals surface area contributed by atoms with Gasteiger partial charge in [-0.1, -0.05) is 0 Å². The molecule has 110 valence electrons. The summed E-state index contributed by atoms with van der Waals surface area (Å²) in [4.78, 5) is 29.9. The van der Waals surface area contributed by atoms with Crippen molar-refractivity contribution in [3.8, 4) is 0 Å². The third kappa shape index (κ3) is 3.18. The maximum Gasteiger partial charge on any atom is 0.226 e. The Balaban J connectivity index is 1.61. The molecule has 0 saturated carbocycles. The van der Waals surface area contributed by atoms with Crippen LogP contribution in [-0.4, -0.2) is 50.4 Å². The Kier molecular flexibility index (Phi) is 4.10. The van der Waals surface area contributed by atoms with Crippen LogP contribution in [-0.2, 0) is 4.79 Å². The second-order valence-corrected chi connectivity index (χ2v) is 5.17. The summed E-state index contributed by atoms with van der Waals surface area (Å²) in [6.07, 6.45) is 5.64. The quantitative estimate of drug-likeness (QED) is 0.665. The molecule has 3 rings (SSSR count). The molecule has 0 unspecified atom stereocenters. The number of nitrogens with one attached hydrogen (secondary N) is 1. The normalized spacial score (nSPS) is 14.9. The molecule has 7 nitrogen and oxygen atoms in total. The van der Waals surface area contributed by atoms with Crippen LogP contribution < -0.4 is 5.32 Å². The van der Waals surface area contributed by atoms with Crippen molar-refractivity contribution in [2.75, 3.05) is 25.0 Å². The van der Waals surface area contributed by atoms with Crippen LogP contribution in [0.1, 0.15) is 19.3 Å². The van der Waals surface area contributed by atoms with Crippen molar-refractivity contribution in [2.24, 2.45) is 0 Å². The fourth-order valence-electron chi connectivity index (χ4n) is 2.38. The van der Waals surface area contributed by atoms with E-state index in [1.165, 1.54) is 0 Å². The van der Waals surface area contributed by atoms with E-state index in [9.17, 15) is 4.79 Å². The smallest absolute Gasteiger partial charge is 0.226 e. The standard InChI is InChI=1S/C13H15ClN6O/c14-13-18-11(10-12(19-13)17-6-5-15-10)16-4-2-8-20-7-1-3-9(20)21/h5-6H,1-4,7-8H2,(H,16,17,18,19). The molecule has 2 aromatic rings. The number of halogens is 1. The highest BCUT2D eigenvalue weighted by Crippen LogP contribution is 2.18. The molecule has 2 aromatic heterocycles. The van der Waals surface area contributed by atoms with Crippen molar-refractivity contribution in [1.29, 1.82) is 0 Å². The van der Waals surface area contributed by atoms with Crippen LogP contribution in [0.4, 0.5) is 5.82 Å². The molecule has 0 atom stereocenters. The predicted octanol–water partition coefficient (Wildman–Crippen LogP) is 1.50. The lowest BCUT2D eigenvalue weighted by Crippen LogP contribution is -2.27. The Morgan fingerprint density at radius 3 is 2.95 bits per heavy atom. The lowest BCUT2D eigenvalue weighted by Gasteiger charge is -2.15. The second-order valence-electron chi connectivity index (χ2n) is 4.83. The van der Waals surface area contributed by atoms with Crippen molar-refractivity contribution < 1.29 is 4.79 Å². The van der Waals surface area contributed by atoms with Crippen LogP contribution in [0.2, 0.25) is 5.28 Å². The van der Waals surface area contributed by atoms with E-state index in [-0.39, 0.29) is 11.2 Å². The average Bonchev–Trinajstić information content (AvgIpc) is 2.88. The van der Waals surface area contributed by atoms with Gasteiger partial charge in [0, 0.05) is 38.4 Å². The maximum atomic E-state index is 11.5. The Labute approximate surface area is 126 Å². The summed E-state index contributed by atoms with van der Waals surface area (Å²) in [6, 6.07) is 0. The molecule has 0 aromatic carbocycles. The number of hydrogen-bond donors (Lipinski definition) is 1. The monoisotopic (exact) mass is 306 g/mol. The Hall–Kier alpha value is -2.02. The number of rotatable bonds is 5. The molecule has 1 saturated heterocycles. The first-order valence-corrected chi connectivity index (χ1v) is 7.28. The highest BCUT2D eigenvalue weighted by atomic mass is 35.5. The first-order chi connectivity index (χ1) is 10.2. The lowest BCUT2D eigenvalue weighted by atomic mass is 10.3. The molecular formula is C13H15ClN6O. The second kappa shape index (κ2) is 6.17. The van der Waals surface area contributed by atoms with Crippen LogP contribution >= 0.6 is 11.6 Å². The molecule has 1 aliphatic rings. The van der Waals surface area contributed by atoms with Gasteiger partial charge < -0.3 is 10.2 Å². The van der Waals surface area contributed by atoms with E-state index >= 15 is 0 Å². The van der Waals surface area contributed by atoms with Gasteiger partial charge in [-0.2, -0.15) is 9.97 Å². The van der Waals surface area contributed by atoms with Crippen molar-refractivity contribution >= 4 is 34.5 Å². The molecule has 0 spiro atoms. The summed E-state index contributed by atoms with van der Waals surface area (Å²) in [5.74, 6) is 0.822. The Morgan fingerprint density at radius 1 is 1.29 bits per heavy atom. The molecule has 1 amide bonds. The molecule has 3 heterocycles. The van der Waals surface area contributed by atoms with Gasteiger partial charge in [-0.25, -0.2) is 9.97 Å². The van der Waals surface area contributed by atoms with E-state index in [0.29, 0.717) is 29.9 Å². The van der Waals surface area contributed by atoms with E-state index in [1.54, 1.807) is 12.4 Å². The first kappa shape index (κ1) is 13.9. The molecule has 0 bridgehead atoms. The summed E-state index contributed by atoms with van der Waals surface area (Å²) in [7, 11) is 0. The van der Waals surface area contributed by atoms with E-state index in [2.05, 4.69) is 25.3 Å². The van der Waals surface area contributed by atoms with Crippen molar-refractivity contribution in [3.05, 3.63) is 17.7 Å². The number of amides is 1. The minimum absolute atomic E-state index is 0.139. The van der Waals surface area contributed by atoms with Gasteiger partial charge in [0.05, 0.1) is 0 Å². The fourth-order valence-corrected chi connectivity index (χ4v) is 2.54. The van der Waals surface area contributed by atoms with Gasteiger partial charge in [0.2, 0.25) is 11.2 Å². The predicted molar refractivity (Wildman–Crippen MR) is 79.1 cm³/mol. The van der Waals surface area contributed by atoms with Gasteiger partial charge in [-0.05, 0) is 24.4 Å². The molecule has 8 heteroatoms. The number of carbonyl (C=O) groups excluding carboxylic acids is 1. The van der Waals surface area contributed by atoms with Gasteiger partial charge in [0.25, 0.3) is 0 Å². The van der Waals surface area contributed by atoms with Crippen molar-refractivity contribution in [3.63, 3.8) is 0 Å². The molecule has 1 N–H and O–H groups in total. The summed E-state index contributed by atoms with van der Waals surface area (Å²) in [6.45, 7) is 2.31. The van der Waals surface area contributed by atoms with E-state index in [0.717, 1.165) is 25.9 Å². The summed E-state index contributed by atoms with van der Waals surface area (Å²) in [5.41, 5.74) is 1.06. The number of aromatic nitrogens is 4. The van der Waals surface area contributed by atoms with Gasteiger partial charge in [-0.15, -0.1) is 0 Å². The minimum atomic E-state index is 0.139. The SMILES string of the molecule is O=C1CCCN1CCCNc1nc(Cl)nc2nccnc12. The third-order valence-corrected chi connectivity index (χ3v) is 3.54. The van der Waals surface area contributed by atoms with Crippen LogP contribution in [0.5, 0.6) is 0 Å². The number of fused-ring (bicyclic) bond motifs is 1. The zero-order valence-corrected chi connectivity index (χ0v) is 12.2. The van der Waals surface area contributed by atoms with Crippen molar-refractivity contribution in [2.45, 2.75) is 19.3 Å². The minimum Gasteiger partial charge on any atom is -0.368 e. The Bertz CT molecular complexity index is 664. The van der Waals surface area contributed by atoms with Crippen LogP contribution in [0.15, 0.2) is 12.4 Å². The summed E-state index contributed by atoms with van der Waals surface area (Å²) < 4.78 is 0. The summed E-state index contributed by atoms with van der Waals surface area (Å²) >= 11 is 5.88. The highest BCUT2D eigenvalue weighted by molar-refractivity contribution is 6.28. The number of carbonyl (C=O) groups is 1. The van der Waals surface area contributed by atoms with E-state index in [4.69, 9.17) is 11.6 Å². The lowest BCUT2D eigenvalue weighted by molar-refractivity contribution is -0.127. The molecule has 0 radical (unpaired) electrons. The first-order valence-electron chi connectivity index (χ1n) is 6.90. The zero-order chi connectivity index (χ0) is 14.7. The largest absolute Gasteiger partial charge is 0.368 e.